The summed E-state index contributed by atoms with van der Waals surface area (Å²) < 4.78 is 0. The number of rotatable bonds is 3. The van der Waals surface area contributed by atoms with Crippen molar-refractivity contribution in [1.82, 2.24) is 20.2 Å². The second kappa shape index (κ2) is 6.03. The number of hydrogen-bond donors (Lipinski definition) is 0. The van der Waals surface area contributed by atoms with E-state index in [1.807, 2.05) is 19.2 Å². The molecular weight excluding hydrogens is 264 g/mol. The normalized spacial score (nSPS) is 15.3. The van der Waals surface area contributed by atoms with E-state index in [0.717, 1.165) is 55.6 Å². The average molecular weight is 284 g/mol. The molecule has 1 saturated heterocycles. The monoisotopic (exact) mass is 284 g/mol. The van der Waals surface area contributed by atoms with Crippen LogP contribution in [0.2, 0.25) is 0 Å². The average Bonchev–Trinajstić information content (AvgIpc) is 2.55. The van der Waals surface area contributed by atoms with Crippen molar-refractivity contribution in [3.63, 3.8) is 0 Å². The van der Waals surface area contributed by atoms with Crippen molar-refractivity contribution >= 4 is 11.6 Å². The standard InChI is InChI=1S/C15H20N6/c1-3-13-10-12(2)18-15(19-13)21-8-6-20(7-9-21)14-4-5-16-17-11-14/h4-5,10-11H,3,6-9H2,1-2H3. The molecule has 0 amide bonds. The first kappa shape index (κ1) is 13.7. The van der Waals surface area contributed by atoms with E-state index in [1.54, 1.807) is 6.20 Å². The van der Waals surface area contributed by atoms with Crippen molar-refractivity contribution < 1.29 is 0 Å². The van der Waals surface area contributed by atoms with Crippen LogP contribution in [0.25, 0.3) is 0 Å². The van der Waals surface area contributed by atoms with Crippen LogP contribution in [0.1, 0.15) is 18.3 Å². The number of hydrogen-bond acceptors (Lipinski definition) is 6. The number of nitrogens with zero attached hydrogens (tertiary/aromatic N) is 6. The third-order valence-electron chi connectivity index (χ3n) is 3.75. The Bertz CT molecular complexity index is 592. The van der Waals surface area contributed by atoms with Gasteiger partial charge in [-0.05, 0) is 25.5 Å². The highest BCUT2D eigenvalue weighted by Gasteiger charge is 2.19. The summed E-state index contributed by atoms with van der Waals surface area (Å²) >= 11 is 0. The Morgan fingerprint density at radius 1 is 1.05 bits per heavy atom. The topological polar surface area (TPSA) is 58.0 Å². The predicted molar refractivity (Wildman–Crippen MR) is 82.6 cm³/mol. The summed E-state index contributed by atoms with van der Waals surface area (Å²) in [5, 5.41) is 7.77. The molecule has 3 heterocycles. The van der Waals surface area contributed by atoms with Gasteiger partial charge >= 0.3 is 0 Å². The molecule has 0 atom stereocenters. The highest BCUT2D eigenvalue weighted by molar-refractivity contribution is 5.45. The first-order chi connectivity index (χ1) is 10.3. The van der Waals surface area contributed by atoms with Crippen LogP contribution < -0.4 is 9.80 Å². The molecule has 6 heteroatoms. The van der Waals surface area contributed by atoms with E-state index in [1.165, 1.54) is 0 Å². The first-order valence-corrected chi connectivity index (χ1v) is 7.37. The molecule has 21 heavy (non-hydrogen) atoms. The third kappa shape index (κ3) is 3.09. The number of anilines is 2. The Balaban J connectivity index is 1.70. The van der Waals surface area contributed by atoms with Crippen LogP contribution in [-0.2, 0) is 6.42 Å². The SMILES string of the molecule is CCc1cc(C)nc(N2CCN(c3ccnnc3)CC2)n1. The van der Waals surface area contributed by atoms with Gasteiger partial charge in [-0.2, -0.15) is 10.2 Å². The smallest absolute Gasteiger partial charge is 0.225 e. The molecule has 0 aromatic carbocycles. The van der Waals surface area contributed by atoms with Gasteiger partial charge < -0.3 is 9.80 Å². The molecule has 0 aliphatic carbocycles. The Hall–Kier alpha value is -2.24. The predicted octanol–water partition coefficient (Wildman–Crippen LogP) is 1.46. The molecule has 3 rings (SSSR count). The summed E-state index contributed by atoms with van der Waals surface area (Å²) in [4.78, 5) is 13.8. The second-order valence-electron chi connectivity index (χ2n) is 5.23. The maximum atomic E-state index is 4.65. The molecule has 6 nitrogen and oxygen atoms in total. The summed E-state index contributed by atoms with van der Waals surface area (Å²) in [5.74, 6) is 0.861. The van der Waals surface area contributed by atoms with E-state index in [0.29, 0.717) is 0 Å². The molecule has 1 aliphatic heterocycles. The highest BCUT2D eigenvalue weighted by Crippen LogP contribution is 2.17. The van der Waals surface area contributed by atoms with Crippen molar-refractivity contribution in [1.29, 1.82) is 0 Å². The van der Waals surface area contributed by atoms with Crippen molar-refractivity contribution in [2.24, 2.45) is 0 Å². The van der Waals surface area contributed by atoms with Crippen LogP contribution >= 0.6 is 0 Å². The summed E-state index contributed by atoms with van der Waals surface area (Å²) in [6.07, 6.45) is 4.49. The van der Waals surface area contributed by atoms with Gasteiger partial charge in [-0.1, -0.05) is 6.92 Å². The number of aromatic nitrogens is 4. The van der Waals surface area contributed by atoms with E-state index >= 15 is 0 Å². The zero-order valence-corrected chi connectivity index (χ0v) is 12.5. The van der Waals surface area contributed by atoms with E-state index < -0.39 is 0 Å². The maximum Gasteiger partial charge on any atom is 0.225 e. The van der Waals surface area contributed by atoms with Crippen molar-refractivity contribution in [3.8, 4) is 0 Å². The Morgan fingerprint density at radius 3 is 2.48 bits per heavy atom. The summed E-state index contributed by atoms with van der Waals surface area (Å²) in [7, 11) is 0. The molecule has 0 spiro atoms. The second-order valence-corrected chi connectivity index (χ2v) is 5.23. The van der Waals surface area contributed by atoms with E-state index in [9.17, 15) is 0 Å². The lowest BCUT2D eigenvalue weighted by Gasteiger charge is -2.36. The third-order valence-corrected chi connectivity index (χ3v) is 3.75. The van der Waals surface area contributed by atoms with Crippen LogP contribution in [0.4, 0.5) is 11.6 Å². The van der Waals surface area contributed by atoms with Gasteiger partial charge in [-0.3, -0.25) is 0 Å². The van der Waals surface area contributed by atoms with Gasteiger partial charge in [0.2, 0.25) is 5.95 Å². The van der Waals surface area contributed by atoms with Gasteiger partial charge in [-0.25, -0.2) is 9.97 Å². The minimum Gasteiger partial charge on any atom is -0.367 e. The minimum atomic E-state index is 0.861. The zero-order valence-electron chi connectivity index (χ0n) is 12.5. The molecule has 2 aromatic rings. The Morgan fingerprint density at radius 2 is 1.81 bits per heavy atom. The van der Waals surface area contributed by atoms with Crippen LogP contribution in [0.3, 0.4) is 0 Å². The lowest BCUT2D eigenvalue weighted by molar-refractivity contribution is 0.636. The molecule has 110 valence electrons. The van der Waals surface area contributed by atoms with Gasteiger partial charge in [0.25, 0.3) is 0 Å². The molecule has 0 unspecified atom stereocenters. The maximum absolute atomic E-state index is 4.65. The molecule has 2 aromatic heterocycles. The Kier molecular flexibility index (Phi) is 3.94. The molecule has 1 aliphatic rings. The summed E-state index contributed by atoms with van der Waals surface area (Å²) in [6, 6.07) is 4.06. The van der Waals surface area contributed by atoms with Crippen LogP contribution in [0, 0.1) is 6.92 Å². The van der Waals surface area contributed by atoms with E-state index in [4.69, 9.17) is 0 Å². The van der Waals surface area contributed by atoms with Gasteiger partial charge in [-0.15, -0.1) is 0 Å². The van der Waals surface area contributed by atoms with Crippen molar-refractivity contribution in [2.75, 3.05) is 36.0 Å². The molecule has 1 fully saturated rings. The van der Waals surface area contributed by atoms with Gasteiger partial charge in [0.15, 0.2) is 0 Å². The lowest BCUT2D eigenvalue weighted by atomic mass is 10.2. The van der Waals surface area contributed by atoms with Crippen molar-refractivity contribution in [3.05, 3.63) is 35.9 Å². The summed E-state index contributed by atoms with van der Waals surface area (Å²) in [5.41, 5.74) is 3.28. The van der Waals surface area contributed by atoms with Crippen LogP contribution in [0.15, 0.2) is 24.5 Å². The fraction of sp³-hybridized carbons (Fsp3) is 0.467. The van der Waals surface area contributed by atoms with E-state index in [2.05, 4.69) is 43.0 Å². The molecule has 0 N–H and O–H groups in total. The molecule has 0 bridgehead atoms. The van der Waals surface area contributed by atoms with Gasteiger partial charge in [0.05, 0.1) is 18.1 Å². The first-order valence-electron chi connectivity index (χ1n) is 7.37. The van der Waals surface area contributed by atoms with E-state index in [-0.39, 0.29) is 0 Å². The van der Waals surface area contributed by atoms with Crippen LogP contribution in [0.5, 0.6) is 0 Å². The number of aryl methyl sites for hydroxylation is 2. The number of piperazine rings is 1. The largest absolute Gasteiger partial charge is 0.367 e. The van der Waals surface area contributed by atoms with Gasteiger partial charge in [0, 0.05) is 37.6 Å². The molecular formula is C15H20N6. The minimum absolute atomic E-state index is 0.861. The van der Waals surface area contributed by atoms with Crippen LogP contribution in [-0.4, -0.2) is 46.3 Å². The van der Waals surface area contributed by atoms with Crippen molar-refractivity contribution in [2.45, 2.75) is 20.3 Å². The lowest BCUT2D eigenvalue weighted by Crippen LogP contribution is -2.47. The Labute approximate surface area is 124 Å². The zero-order chi connectivity index (χ0) is 14.7. The van der Waals surface area contributed by atoms with Gasteiger partial charge in [0.1, 0.15) is 0 Å². The molecule has 0 saturated carbocycles. The fourth-order valence-electron chi connectivity index (χ4n) is 2.57. The summed E-state index contributed by atoms with van der Waals surface area (Å²) in [6.45, 7) is 7.90. The quantitative estimate of drug-likeness (QED) is 0.850. The molecule has 0 radical (unpaired) electrons. The fourth-order valence-corrected chi connectivity index (χ4v) is 2.57. The highest BCUT2D eigenvalue weighted by atomic mass is 15.3.